The quantitative estimate of drug-likeness (QED) is 0.900. The fourth-order valence-corrected chi connectivity index (χ4v) is 2.31. The van der Waals surface area contributed by atoms with Gasteiger partial charge in [0, 0.05) is 6.54 Å². The fourth-order valence-electron chi connectivity index (χ4n) is 2.31. The Morgan fingerprint density at radius 3 is 2.68 bits per heavy atom. The third-order valence-corrected chi connectivity index (χ3v) is 3.60. The summed E-state index contributed by atoms with van der Waals surface area (Å²) in [4.78, 5) is 24.9. The second-order valence-corrected chi connectivity index (χ2v) is 4.93. The van der Waals surface area contributed by atoms with E-state index in [-0.39, 0.29) is 6.61 Å². The monoisotopic (exact) mass is 262 g/mol. The molecule has 1 aromatic carbocycles. The van der Waals surface area contributed by atoms with E-state index in [9.17, 15) is 9.59 Å². The van der Waals surface area contributed by atoms with Crippen molar-refractivity contribution < 1.29 is 14.3 Å². The van der Waals surface area contributed by atoms with Crippen LogP contribution in [0.3, 0.4) is 0 Å². The van der Waals surface area contributed by atoms with Crippen LogP contribution in [-0.4, -0.2) is 29.0 Å². The van der Waals surface area contributed by atoms with Crippen LogP contribution in [0.4, 0.5) is 4.79 Å². The van der Waals surface area contributed by atoms with E-state index < -0.39 is 17.5 Å². The highest BCUT2D eigenvalue weighted by atomic mass is 16.6. The number of amides is 2. The molecule has 0 aliphatic carbocycles. The molecule has 0 unspecified atom stereocenters. The zero-order chi connectivity index (χ0) is 13.9. The minimum absolute atomic E-state index is 0.199. The minimum atomic E-state index is -0.923. The highest BCUT2D eigenvalue weighted by Crippen LogP contribution is 2.29. The zero-order valence-corrected chi connectivity index (χ0v) is 11.0. The summed E-state index contributed by atoms with van der Waals surface area (Å²) in [7, 11) is 0. The van der Waals surface area contributed by atoms with Gasteiger partial charge < -0.3 is 10.5 Å². The molecule has 1 aliphatic rings. The van der Waals surface area contributed by atoms with Crippen molar-refractivity contribution in [1.82, 2.24) is 4.90 Å². The van der Waals surface area contributed by atoms with Crippen LogP contribution in [0.15, 0.2) is 30.3 Å². The van der Waals surface area contributed by atoms with Crippen molar-refractivity contribution in [2.45, 2.75) is 31.9 Å². The van der Waals surface area contributed by atoms with Gasteiger partial charge in [-0.3, -0.25) is 9.69 Å². The number of likely N-dealkylation sites (tertiary alicyclic amines) is 1. The molecule has 0 aromatic heterocycles. The first-order valence-corrected chi connectivity index (χ1v) is 6.32. The number of hydrogen-bond acceptors (Lipinski definition) is 3. The van der Waals surface area contributed by atoms with E-state index >= 15 is 0 Å². The number of nitrogens with zero attached hydrogens (tertiary/aromatic N) is 1. The summed E-state index contributed by atoms with van der Waals surface area (Å²) in [6.45, 7) is 2.39. The lowest BCUT2D eigenvalue weighted by Gasteiger charge is -2.31. The molecule has 1 atom stereocenters. The molecular weight excluding hydrogens is 244 g/mol. The molecule has 2 amide bonds. The number of benzene rings is 1. The Hall–Kier alpha value is -2.04. The number of nitrogens with two attached hydrogens (primary N) is 1. The average Bonchev–Trinajstić information content (AvgIpc) is 2.81. The van der Waals surface area contributed by atoms with Crippen LogP contribution in [0.5, 0.6) is 0 Å². The van der Waals surface area contributed by atoms with Gasteiger partial charge in [-0.15, -0.1) is 0 Å². The Morgan fingerprint density at radius 2 is 2.05 bits per heavy atom. The van der Waals surface area contributed by atoms with Gasteiger partial charge in [0.15, 0.2) is 0 Å². The van der Waals surface area contributed by atoms with E-state index in [1.165, 1.54) is 4.90 Å². The molecule has 0 bridgehead atoms. The summed E-state index contributed by atoms with van der Waals surface area (Å²) in [5.41, 5.74) is 5.37. The van der Waals surface area contributed by atoms with Gasteiger partial charge in [0.25, 0.3) is 0 Å². The van der Waals surface area contributed by atoms with Crippen molar-refractivity contribution in [3.63, 3.8) is 0 Å². The van der Waals surface area contributed by atoms with Crippen molar-refractivity contribution >= 4 is 12.0 Å². The Bertz CT molecular complexity index is 475. The smallest absolute Gasteiger partial charge is 0.410 e. The van der Waals surface area contributed by atoms with Gasteiger partial charge >= 0.3 is 6.09 Å². The minimum Gasteiger partial charge on any atom is -0.445 e. The average molecular weight is 262 g/mol. The molecule has 2 rings (SSSR count). The van der Waals surface area contributed by atoms with Gasteiger partial charge in [-0.05, 0) is 25.3 Å². The largest absolute Gasteiger partial charge is 0.445 e. The molecule has 5 nitrogen and oxygen atoms in total. The molecule has 0 saturated carbocycles. The molecule has 102 valence electrons. The van der Waals surface area contributed by atoms with Gasteiger partial charge in [0.2, 0.25) is 5.91 Å². The van der Waals surface area contributed by atoms with Gasteiger partial charge in [-0.25, -0.2) is 4.79 Å². The van der Waals surface area contributed by atoms with Gasteiger partial charge in [-0.1, -0.05) is 30.3 Å². The molecule has 1 aliphatic heterocycles. The second-order valence-electron chi connectivity index (χ2n) is 4.93. The first-order chi connectivity index (χ1) is 9.04. The highest BCUT2D eigenvalue weighted by Gasteiger charge is 2.45. The molecule has 1 saturated heterocycles. The molecule has 5 heteroatoms. The van der Waals surface area contributed by atoms with Gasteiger partial charge in [0.05, 0.1) is 0 Å². The lowest BCUT2D eigenvalue weighted by Crippen LogP contribution is -2.53. The Balaban J connectivity index is 1.98. The molecule has 0 radical (unpaired) electrons. The van der Waals surface area contributed by atoms with Crippen molar-refractivity contribution in [2.75, 3.05) is 6.54 Å². The first-order valence-electron chi connectivity index (χ1n) is 6.32. The first kappa shape index (κ1) is 13.4. The Morgan fingerprint density at radius 1 is 1.37 bits per heavy atom. The summed E-state index contributed by atoms with van der Waals surface area (Å²) in [5.74, 6) is -0.485. The molecular formula is C14H18N2O3. The third kappa shape index (κ3) is 2.70. The molecule has 0 spiro atoms. The Labute approximate surface area is 112 Å². The number of rotatable bonds is 3. The van der Waals surface area contributed by atoms with Crippen LogP contribution in [0, 0.1) is 0 Å². The van der Waals surface area contributed by atoms with E-state index in [1.54, 1.807) is 6.92 Å². The predicted molar refractivity (Wildman–Crippen MR) is 70.2 cm³/mol. The van der Waals surface area contributed by atoms with Crippen LogP contribution < -0.4 is 5.73 Å². The molecule has 1 fully saturated rings. The molecule has 19 heavy (non-hydrogen) atoms. The van der Waals surface area contributed by atoms with Crippen molar-refractivity contribution in [2.24, 2.45) is 5.73 Å². The summed E-state index contributed by atoms with van der Waals surface area (Å²) in [6.07, 6.45) is 0.866. The maximum atomic E-state index is 12.0. The number of hydrogen-bond donors (Lipinski definition) is 1. The SMILES string of the molecule is C[C@@]1(C(N)=O)CCCN1C(=O)OCc1ccccc1. The van der Waals surface area contributed by atoms with E-state index in [4.69, 9.17) is 10.5 Å². The van der Waals surface area contributed by atoms with E-state index in [0.29, 0.717) is 13.0 Å². The predicted octanol–water partition coefficient (Wildman–Crippen LogP) is 1.66. The van der Waals surface area contributed by atoms with Crippen LogP contribution in [0.1, 0.15) is 25.3 Å². The summed E-state index contributed by atoms with van der Waals surface area (Å²) in [6, 6.07) is 9.42. The topological polar surface area (TPSA) is 72.6 Å². The summed E-state index contributed by atoms with van der Waals surface area (Å²) >= 11 is 0. The number of primary amides is 1. The Kier molecular flexibility index (Phi) is 3.74. The summed E-state index contributed by atoms with van der Waals surface area (Å²) < 4.78 is 5.24. The maximum absolute atomic E-state index is 12.0. The van der Waals surface area contributed by atoms with Crippen molar-refractivity contribution in [3.05, 3.63) is 35.9 Å². The number of ether oxygens (including phenoxy) is 1. The van der Waals surface area contributed by atoms with E-state index in [2.05, 4.69) is 0 Å². The van der Waals surface area contributed by atoms with Crippen LogP contribution in [0.2, 0.25) is 0 Å². The summed E-state index contributed by atoms with van der Waals surface area (Å²) in [5, 5.41) is 0. The third-order valence-electron chi connectivity index (χ3n) is 3.60. The lowest BCUT2D eigenvalue weighted by molar-refractivity contribution is -0.127. The van der Waals surface area contributed by atoms with E-state index in [1.807, 2.05) is 30.3 Å². The fraction of sp³-hybridized carbons (Fsp3) is 0.429. The lowest BCUT2D eigenvalue weighted by atomic mass is 9.99. The van der Waals surface area contributed by atoms with Crippen LogP contribution in [0.25, 0.3) is 0 Å². The van der Waals surface area contributed by atoms with Gasteiger partial charge in [-0.2, -0.15) is 0 Å². The molecule has 2 N–H and O–H groups in total. The van der Waals surface area contributed by atoms with Crippen LogP contribution >= 0.6 is 0 Å². The maximum Gasteiger partial charge on any atom is 0.410 e. The van der Waals surface area contributed by atoms with Crippen LogP contribution in [-0.2, 0) is 16.1 Å². The van der Waals surface area contributed by atoms with Crippen molar-refractivity contribution in [1.29, 1.82) is 0 Å². The van der Waals surface area contributed by atoms with Gasteiger partial charge in [0.1, 0.15) is 12.1 Å². The molecule has 1 heterocycles. The highest BCUT2D eigenvalue weighted by molar-refractivity contribution is 5.88. The molecule has 1 aromatic rings. The standard InChI is InChI=1S/C14H18N2O3/c1-14(12(15)17)8-5-9-16(14)13(18)19-10-11-6-3-2-4-7-11/h2-4,6-7H,5,8-10H2,1H3,(H2,15,17)/t14-/m0/s1. The zero-order valence-electron chi connectivity index (χ0n) is 11.0. The second kappa shape index (κ2) is 5.30. The normalized spacial score (nSPS) is 22.3. The van der Waals surface area contributed by atoms with Crippen molar-refractivity contribution in [3.8, 4) is 0 Å². The number of carbonyl (C=O) groups is 2. The van der Waals surface area contributed by atoms with E-state index in [0.717, 1.165) is 12.0 Å². The number of carbonyl (C=O) groups excluding carboxylic acids is 2.